The van der Waals surface area contributed by atoms with E-state index in [1.54, 1.807) is 5.57 Å². The van der Waals surface area contributed by atoms with Gasteiger partial charge in [-0.1, -0.05) is 32.4 Å². The lowest BCUT2D eigenvalue weighted by Gasteiger charge is -2.58. The van der Waals surface area contributed by atoms with E-state index < -0.39 is 0 Å². The van der Waals surface area contributed by atoms with Crippen molar-refractivity contribution in [1.29, 1.82) is 0 Å². The van der Waals surface area contributed by atoms with E-state index in [0.717, 1.165) is 42.6 Å². The van der Waals surface area contributed by atoms with Gasteiger partial charge in [0.2, 0.25) is 5.91 Å². The average Bonchev–Trinajstić information content (AvgIpc) is 3.25. The minimum atomic E-state index is -0.380. The number of likely N-dealkylation sites (tertiary alicyclic amines) is 1. The molecule has 0 aromatic rings. The first-order valence-corrected chi connectivity index (χ1v) is 13.5. The number of amides is 1. The second kappa shape index (κ2) is 7.83. The number of carbonyl (C=O) groups excluding carboxylic acids is 1. The summed E-state index contributed by atoms with van der Waals surface area (Å²) in [6.45, 7) is 10.5. The molecule has 0 radical (unpaired) electrons. The van der Waals surface area contributed by atoms with Gasteiger partial charge in [0.1, 0.15) is 0 Å². The molecule has 180 valence electrons. The second-order valence-electron chi connectivity index (χ2n) is 13.0. The predicted octanol–water partition coefficient (Wildman–Crippen LogP) is 4.69. The fraction of sp³-hybridized carbons (Fsp3) is 0.893. The van der Waals surface area contributed by atoms with Gasteiger partial charge in [0.25, 0.3) is 0 Å². The van der Waals surface area contributed by atoms with Crippen LogP contribution in [-0.4, -0.2) is 54.5 Å². The molecule has 4 heteroatoms. The van der Waals surface area contributed by atoms with Crippen molar-refractivity contribution in [2.45, 2.75) is 97.2 Å². The van der Waals surface area contributed by atoms with Crippen LogP contribution in [0.3, 0.4) is 0 Å². The molecule has 2 N–H and O–H groups in total. The van der Waals surface area contributed by atoms with Crippen LogP contribution in [0.15, 0.2) is 11.6 Å². The normalized spacial score (nSPS) is 46.7. The molecule has 3 saturated carbocycles. The number of fused-ring (bicyclic) bond motifs is 4. The molecule has 5 rings (SSSR count). The quantitative estimate of drug-likeness (QED) is 0.647. The van der Waals surface area contributed by atoms with Crippen molar-refractivity contribution in [3.63, 3.8) is 0 Å². The number of nitrogens with zero attached hydrogens (tertiary/aromatic N) is 2. The Balaban J connectivity index is 1.35. The highest BCUT2D eigenvalue weighted by atomic mass is 16.2. The van der Waals surface area contributed by atoms with Crippen molar-refractivity contribution >= 4 is 5.91 Å². The van der Waals surface area contributed by atoms with Gasteiger partial charge in [-0.05, 0) is 106 Å². The third-order valence-corrected chi connectivity index (χ3v) is 11.6. The number of allylic oxidation sites excluding steroid dienone is 1. The minimum Gasteiger partial charge on any atom is -0.341 e. The van der Waals surface area contributed by atoms with Crippen LogP contribution in [-0.2, 0) is 4.79 Å². The van der Waals surface area contributed by atoms with E-state index in [9.17, 15) is 4.79 Å². The zero-order valence-corrected chi connectivity index (χ0v) is 21.4. The summed E-state index contributed by atoms with van der Waals surface area (Å²) in [6, 6.07) is 0.704. The van der Waals surface area contributed by atoms with Gasteiger partial charge in [-0.25, -0.2) is 0 Å². The van der Waals surface area contributed by atoms with Crippen LogP contribution in [0.5, 0.6) is 0 Å². The second-order valence-corrected chi connectivity index (χ2v) is 13.0. The zero-order chi connectivity index (χ0) is 23.0. The fourth-order valence-corrected chi connectivity index (χ4v) is 9.47. The summed E-state index contributed by atoms with van der Waals surface area (Å²) in [5, 5.41) is 0. The maximum Gasteiger partial charge on any atom is 0.239 e. The summed E-state index contributed by atoms with van der Waals surface area (Å²) >= 11 is 0. The molecule has 4 aliphatic carbocycles. The highest BCUT2D eigenvalue weighted by Gasteiger charge is 2.64. The summed E-state index contributed by atoms with van der Waals surface area (Å²) in [4.78, 5) is 17.6. The molecule has 1 heterocycles. The van der Waals surface area contributed by atoms with E-state index in [0.29, 0.717) is 16.9 Å². The Bertz CT molecular complexity index is 792. The van der Waals surface area contributed by atoms with E-state index in [4.69, 9.17) is 5.73 Å². The summed E-state index contributed by atoms with van der Waals surface area (Å²) in [5.74, 6) is 3.90. The minimum absolute atomic E-state index is 0.124. The van der Waals surface area contributed by atoms with Gasteiger partial charge in [0.15, 0.2) is 0 Å². The molecule has 0 aromatic carbocycles. The number of rotatable bonds is 3. The molecular weight excluding hydrogens is 394 g/mol. The molecule has 0 aromatic heterocycles. The number of hydrogen-bond donors (Lipinski definition) is 1. The first kappa shape index (κ1) is 22.9. The van der Waals surface area contributed by atoms with Crippen molar-refractivity contribution in [3.8, 4) is 0 Å². The Kier molecular flexibility index (Phi) is 5.61. The van der Waals surface area contributed by atoms with Gasteiger partial charge in [0.05, 0.1) is 6.04 Å². The molecule has 1 saturated heterocycles. The topological polar surface area (TPSA) is 49.6 Å². The Morgan fingerprint density at radius 1 is 1.16 bits per heavy atom. The smallest absolute Gasteiger partial charge is 0.239 e. The van der Waals surface area contributed by atoms with Crippen LogP contribution in [0.25, 0.3) is 0 Å². The van der Waals surface area contributed by atoms with Crippen LogP contribution in [0, 0.1) is 40.4 Å². The van der Waals surface area contributed by atoms with Crippen LogP contribution in [0.2, 0.25) is 0 Å². The lowest BCUT2D eigenvalue weighted by Crippen LogP contribution is -2.54. The van der Waals surface area contributed by atoms with Crippen LogP contribution in [0.1, 0.15) is 79.1 Å². The SMILES string of the molecule is CC(C)[C@@H](N)C(=O)N(C)[C@H]1CC[C@@]2(C)C(=CC[C@@H]3C2CC[C@]24CN(C)[C@@H](C)[C@H]2CC[C@@H]34)C1. The van der Waals surface area contributed by atoms with Crippen LogP contribution in [0.4, 0.5) is 0 Å². The third-order valence-electron chi connectivity index (χ3n) is 11.6. The molecule has 4 nitrogen and oxygen atoms in total. The fourth-order valence-electron chi connectivity index (χ4n) is 9.47. The average molecular weight is 442 g/mol. The van der Waals surface area contributed by atoms with Crippen LogP contribution >= 0.6 is 0 Å². The van der Waals surface area contributed by atoms with Crippen LogP contribution < -0.4 is 5.73 Å². The maximum absolute atomic E-state index is 12.9. The van der Waals surface area contributed by atoms with Crippen molar-refractivity contribution < 1.29 is 4.79 Å². The van der Waals surface area contributed by atoms with Crippen molar-refractivity contribution in [3.05, 3.63) is 11.6 Å². The van der Waals surface area contributed by atoms with Crippen molar-refractivity contribution in [2.24, 2.45) is 46.2 Å². The standard InChI is InChI=1S/C28H47N3O/c1-17(2)25(29)26(32)31(6)20-11-13-27(4)19(15-20)7-8-21-23(27)12-14-28-16-30(5)18(3)22(28)9-10-24(21)28/h7,17-18,20-25H,8-16,29H2,1-6H3/t18-,20-,21+,22+,23?,24-,25+,27-,28-/m0/s1. The lowest BCUT2D eigenvalue weighted by atomic mass is 9.47. The molecule has 1 spiro atoms. The molecule has 1 unspecified atom stereocenters. The number of hydrogen-bond acceptors (Lipinski definition) is 3. The van der Waals surface area contributed by atoms with Gasteiger partial charge in [0, 0.05) is 25.7 Å². The molecular formula is C28H47N3O. The largest absolute Gasteiger partial charge is 0.341 e. The molecule has 9 atom stereocenters. The van der Waals surface area contributed by atoms with E-state index in [1.165, 1.54) is 45.1 Å². The van der Waals surface area contributed by atoms with Gasteiger partial charge < -0.3 is 15.5 Å². The summed E-state index contributed by atoms with van der Waals surface area (Å²) < 4.78 is 0. The lowest BCUT2D eigenvalue weighted by molar-refractivity contribution is -0.135. The van der Waals surface area contributed by atoms with E-state index in [2.05, 4.69) is 31.9 Å². The van der Waals surface area contributed by atoms with Gasteiger partial charge in [-0.15, -0.1) is 0 Å². The van der Waals surface area contributed by atoms with Gasteiger partial charge in [-0.2, -0.15) is 0 Å². The van der Waals surface area contributed by atoms with E-state index in [1.807, 2.05) is 25.8 Å². The summed E-state index contributed by atoms with van der Waals surface area (Å²) in [6.07, 6.45) is 13.1. The van der Waals surface area contributed by atoms with Gasteiger partial charge in [-0.3, -0.25) is 4.79 Å². The number of nitrogens with two attached hydrogens (primary N) is 1. The van der Waals surface area contributed by atoms with Crippen molar-refractivity contribution in [1.82, 2.24) is 9.80 Å². The summed E-state index contributed by atoms with van der Waals surface area (Å²) in [7, 11) is 4.36. The molecule has 1 aliphatic heterocycles. The molecule has 4 fully saturated rings. The number of likely N-dealkylation sites (N-methyl/N-ethyl adjacent to an activating group) is 1. The molecule has 1 amide bonds. The van der Waals surface area contributed by atoms with E-state index in [-0.39, 0.29) is 17.9 Å². The monoisotopic (exact) mass is 441 g/mol. The Morgan fingerprint density at radius 3 is 2.59 bits per heavy atom. The highest BCUT2D eigenvalue weighted by molar-refractivity contribution is 5.82. The maximum atomic E-state index is 12.9. The van der Waals surface area contributed by atoms with E-state index >= 15 is 0 Å². The Labute approximate surface area is 196 Å². The first-order chi connectivity index (χ1) is 15.1. The summed E-state index contributed by atoms with van der Waals surface area (Å²) in [5.41, 5.74) is 8.83. The Morgan fingerprint density at radius 2 is 1.88 bits per heavy atom. The molecule has 0 bridgehead atoms. The van der Waals surface area contributed by atoms with Gasteiger partial charge >= 0.3 is 0 Å². The zero-order valence-electron chi connectivity index (χ0n) is 21.4. The molecule has 32 heavy (non-hydrogen) atoms. The highest BCUT2D eigenvalue weighted by Crippen LogP contribution is 2.68. The molecule has 5 aliphatic rings. The first-order valence-electron chi connectivity index (χ1n) is 13.5. The van der Waals surface area contributed by atoms with Crippen molar-refractivity contribution in [2.75, 3.05) is 20.6 Å². The third kappa shape index (κ3) is 3.11. The Hall–Kier alpha value is -0.870. The predicted molar refractivity (Wildman–Crippen MR) is 131 cm³/mol. The number of carbonyl (C=O) groups is 1.